The summed E-state index contributed by atoms with van der Waals surface area (Å²) in [4.78, 5) is 2.65. The lowest BCUT2D eigenvalue weighted by atomic mass is 9.95. The van der Waals surface area contributed by atoms with E-state index in [9.17, 15) is 0 Å². The second kappa shape index (κ2) is 7.34. The molecule has 0 amide bonds. The second-order valence-electron chi connectivity index (χ2n) is 5.68. The van der Waals surface area contributed by atoms with Gasteiger partial charge in [0.25, 0.3) is 0 Å². The number of piperidine rings is 1. The summed E-state index contributed by atoms with van der Waals surface area (Å²) in [6.07, 6.45) is 5.28. The molecule has 0 aromatic carbocycles. The fourth-order valence-electron chi connectivity index (χ4n) is 2.95. The molecule has 2 aliphatic rings. The van der Waals surface area contributed by atoms with Crippen LogP contribution in [0.3, 0.4) is 0 Å². The van der Waals surface area contributed by atoms with E-state index in [4.69, 9.17) is 4.74 Å². The number of nitrogens with zero attached hydrogens (tertiary/aromatic N) is 1. The van der Waals surface area contributed by atoms with Gasteiger partial charge in [-0.05, 0) is 63.7 Å². The van der Waals surface area contributed by atoms with Gasteiger partial charge >= 0.3 is 0 Å². The SMILES string of the molecule is CCCNCC1CCN(CC2CCOC2)CC1. The van der Waals surface area contributed by atoms with E-state index < -0.39 is 0 Å². The zero-order chi connectivity index (χ0) is 11.9. The maximum Gasteiger partial charge on any atom is 0.0507 e. The lowest BCUT2D eigenvalue weighted by Gasteiger charge is -2.33. The van der Waals surface area contributed by atoms with E-state index >= 15 is 0 Å². The van der Waals surface area contributed by atoms with Crippen molar-refractivity contribution >= 4 is 0 Å². The first-order valence-electron chi connectivity index (χ1n) is 7.39. The van der Waals surface area contributed by atoms with Gasteiger partial charge in [-0.25, -0.2) is 0 Å². The predicted molar refractivity (Wildman–Crippen MR) is 71.3 cm³/mol. The molecule has 0 aromatic heterocycles. The molecule has 2 rings (SSSR count). The van der Waals surface area contributed by atoms with Crippen LogP contribution in [0.15, 0.2) is 0 Å². The van der Waals surface area contributed by atoms with Crippen LogP contribution in [0.4, 0.5) is 0 Å². The highest BCUT2D eigenvalue weighted by atomic mass is 16.5. The standard InChI is InChI=1S/C14H28N2O/c1-2-6-15-10-13-3-7-16(8-4-13)11-14-5-9-17-12-14/h13-15H,2-12H2,1H3. The molecule has 3 heteroatoms. The van der Waals surface area contributed by atoms with Gasteiger partial charge in [0.15, 0.2) is 0 Å². The minimum Gasteiger partial charge on any atom is -0.381 e. The summed E-state index contributed by atoms with van der Waals surface area (Å²) in [6.45, 7) is 10.5. The van der Waals surface area contributed by atoms with Gasteiger partial charge < -0.3 is 15.0 Å². The van der Waals surface area contributed by atoms with Gasteiger partial charge in [0.1, 0.15) is 0 Å². The van der Waals surface area contributed by atoms with E-state index in [0.29, 0.717) is 0 Å². The Morgan fingerprint density at radius 2 is 2.00 bits per heavy atom. The van der Waals surface area contributed by atoms with Crippen LogP contribution in [0, 0.1) is 11.8 Å². The second-order valence-corrected chi connectivity index (χ2v) is 5.68. The van der Waals surface area contributed by atoms with Crippen molar-refractivity contribution in [3.05, 3.63) is 0 Å². The monoisotopic (exact) mass is 240 g/mol. The fourth-order valence-corrected chi connectivity index (χ4v) is 2.95. The quantitative estimate of drug-likeness (QED) is 0.716. The Hall–Kier alpha value is -0.120. The highest BCUT2D eigenvalue weighted by Gasteiger charge is 2.23. The molecule has 0 aliphatic carbocycles. The van der Waals surface area contributed by atoms with Crippen molar-refractivity contribution in [3.8, 4) is 0 Å². The molecular weight excluding hydrogens is 212 g/mol. The topological polar surface area (TPSA) is 24.5 Å². The lowest BCUT2D eigenvalue weighted by molar-refractivity contribution is 0.140. The fraction of sp³-hybridized carbons (Fsp3) is 1.00. The number of hydrogen-bond donors (Lipinski definition) is 1. The summed E-state index contributed by atoms with van der Waals surface area (Å²) in [5.74, 6) is 1.72. The molecular formula is C14H28N2O. The molecule has 0 radical (unpaired) electrons. The van der Waals surface area contributed by atoms with Crippen LogP contribution in [0.25, 0.3) is 0 Å². The van der Waals surface area contributed by atoms with Crippen LogP contribution in [0.1, 0.15) is 32.6 Å². The van der Waals surface area contributed by atoms with E-state index in [2.05, 4.69) is 17.1 Å². The van der Waals surface area contributed by atoms with Gasteiger partial charge in [-0.1, -0.05) is 6.92 Å². The van der Waals surface area contributed by atoms with Crippen molar-refractivity contribution in [3.63, 3.8) is 0 Å². The smallest absolute Gasteiger partial charge is 0.0507 e. The molecule has 3 nitrogen and oxygen atoms in total. The average Bonchev–Trinajstić information content (AvgIpc) is 2.85. The predicted octanol–water partition coefficient (Wildman–Crippen LogP) is 1.73. The Bertz CT molecular complexity index is 196. The number of nitrogens with one attached hydrogen (secondary N) is 1. The Kier molecular flexibility index (Phi) is 5.75. The summed E-state index contributed by atoms with van der Waals surface area (Å²) < 4.78 is 5.45. The van der Waals surface area contributed by atoms with E-state index in [0.717, 1.165) is 25.0 Å². The Labute approximate surface area is 106 Å². The van der Waals surface area contributed by atoms with Crippen LogP contribution in [-0.2, 0) is 4.74 Å². The summed E-state index contributed by atoms with van der Waals surface area (Å²) in [7, 11) is 0. The van der Waals surface area contributed by atoms with Crippen molar-refractivity contribution in [1.29, 1.82) is 0 Å². The molecule has 1 atom stereocenters. The minimum atomic E-state index is 0.810. The zero-order valence-corrected chi connectivity index (χ0v) is 11.3. The molecule has 2 aliphatic heterocycles. The highest BCUT2D eigenvalue weighted by Crippen LogP contribution is 2.20. The molecule has 0 spiro atoms. The number of likely N-dealkylation sites (tertiary alicyclic amines) is 1. The van der Waals surface area contributed by atoms with Crippen LogP contribution < -0.4 is 5.32 Å². The molecule has 1 N–H and O–H groups in total. The third-order valence-corrected chi connectivity index (χ3v) is 4.11. The van der Waals surface area contributed by atoms with Gasteiger partial charge in [0.05, 0.1) is 6.61 Å². The van der Waals surface area contributed by atoms with Crippen molar-refractivity contribution < 1.29 is 4.74 Å². The molecule has 1 unspecified atom stereocenters. The molecule has 2 heterocycles. The molecule has 2 fully saturated rings. The largest absolute Gasteiger partial charge is 0.381 e. The number of rotatable bonds is 6. The minimum absolute atomic E-state index is 0.810. The van der Waals surface area contributed by atoms with Gasteiger partial charge in [-0.3, -0.25) is 0 Å². The first-order chi connectivity index (χ1) is 8.38. The summed E-state index contributed by atoms with van der Waals surface area (Å²) in [6, 6.07) is 0. The van der Waals surface area contributed by atoms with Gasteiger partial charge in [-0.15, -0.1) is 0 Å². The maximum atomic E-state index is 5.45. The maximum absolute atomic E-state index is 5.45. The van der Waals surface area contributed by atoms with Crippen LogP contribution in [0.5, 0.6) is 0 Å². The van der Waals surface area contributed by atoms with Crippen molar-refractivity contribution in [1.82, 2.24) is 10.2 Å². The first kappa shape index (κ1) is 13.3. The van der Waals surface area contributed by atoms with E-state index in [1.54, 1.807) is 0 Å². The molecule has 17 heavy (non-hydrogen) atoms. The molecule has 2 saturated heterocycles. The Morgan fingerprint density at radius 3 is 2.65 bits per heavy atom. The van der Waals surface area contributed by atoms with E-state index in [-0.39, 0.29) is 0 Å². The number of ether oxygens (including phenoxy) is 1. The van der Waals surface area contributed by atoms with E-state index in [1.807, 2.05) is 0 Å². The van der Waals surface area contributed by atoms with Gasteiger partial charge in [0, 0.05) is 13.2 Å². The average molecular weight is 240 g/mol. The molecule has 0 saturated carbocycles. The third kappa shape index (κ3) is 4.57. The van der Waals surface area contributed by atoms with Crippen LogP contribution in [-0.4, -0.2) is 50.8 Å². The number of hydrogen-bond acceptors (Lipinski definition) is 3. The summed E-state index contributed by atoms with van der Waals surface area (Å²) >= 11 is 0. The molecule has 0 aromatic rings. The Morgan fingerprint density at radius 1 is 1.18 bits per heavy atom. The van der Waals surface area contributed by atoms with Crippen molar-refractivity contribution in [2.24, 2.45) is 11.8 Å². The highest BCUT2D eigenvalue weighted by molar-refractivity contribution is 4.77. The Balaban J connectivity index is 1.57. The van der Waals surface area contributed by atoms with Gasteiger partial charge in [0.2, 0.25) is 0 Å². The molecule has 100 valence electrons. The van der Waals surface area contributed by atoms with Crippen molar-refractivity contribution in [2.75, 3.05) is 45.9 Å². The van der Waals surface area contributed by atoms with E-state index in [1.165, 1.54) is 58.4 Å². The van der Waals surface area contributed by atoms with Crippen LogP contribution in [0.2, 0.25) is 0 Å². The van der Waals surface area contributed by atoms with Gasteiger partial charge in [-0.2, -0.15) is 0 Å². The lowest BCUT2D eigenvalue weighted by Crippen LogP contribution is -2.39. The van der Waals surface area contributed by atoms with Crippen LogP contribution >= 0.6 is 0 Å². The zero-order valence-electron chi connectivity index (χ0n) is 11.3. The third-order valence-electron chi connectivity index (χ3n) is 4.11. The summed E-state index contributed by atoms with van der Waals surface area (Å²) in [5.41, 5.74) is 0. The molecule has 0 bridgehead atoms. The summed E-state index contributed by atoms with van der Waals surface area (Å²) in [5, 5.41) is 3.55. The van der Waals surface area contributed by atoms with Crippen molar-refractivity contribution in [2.45, 2.75) is 32.6 Å². The first-order valence-corrected chi connectivity index (χ1v) is 7.39. The normalized spacial score (nSPS) is 27.7.